The number of carbonyl (C=O) groups is 2. The number of aliphatic carboxylic acids is 1. The Morgan fingerprint density at radius 2 is 2.10 bits per heavy atom. The molecular weight excluding hydrogens is 261 g/mol. The smallest absolute Gasteiger partial charge is 0.328 e. The van der Waals surface area contributed by atoms with Gasteiger partial charge in [0.05, 0.1) is 5.56 Å². The molecule has 5 heteroatoms. The molecule has 1 rings (SSSR count). The van der Waals surface area contributed by atoms with Crippen LogP contribution in [0.25, 0.3) is 6.08 Å². The van der Waals surface area contributed by atoms with Gasteiger partial charge < -0.3 is 10.0 Å². The molecule has 0 atom stereocenters. The molecule has 0 spiro atoms. The van der Waals surface area contributed by atoms with E-state index in [9.17, 15) is 14.0 Å². The molecule has 20 heavy (non-hydrogen) atoms. The molecule has 1 aromatic carbocycles. The van der Waals surface area contributed by atoms with Crippen LogP contribution in [-0.4, -0.2) is 35.5 Å². The Hall–Kier alpha value is -2.17. The molecule has 0 radical (unpaired) electrons. The predicted molar refractivity (Wildman–Crippen MR) is 74.9 cm³/mol. The van der Waals surface area contributed by atoms with Crippen LogP contribution < -0.4 is 0 Å². The third kappa shape index (κ3) is 4.50. The number of halogens is 1. The Morgan fingerprint density at radius 3 is 2.70 bits per heavy atom. The van der Waals surface area contributed by atoms with Crippen LogP contribution in [0.1, 0.15) is 35.7 Å². The first kappa shape index (κ1) is 15.9. The second-order valence-electron chi connectivity index (χ2n) is 4.49. The Bertz CT molecular complexity index is 526. The van der Waals surface area contributed by atoms with Crippen molar-refractivity contribution in [2.45, 2.75) is 19.8 Å². The molecular formula is C15H18FNO3. The lowest BCUT2D eigenvalue weighted by atomic mass is 10.1. The quantitative estimate of drug-likeness (QED) is 0.815. The van der Waals surface area contributed by atoms with E-state index in [0.717, 1.165) is 18.9 Å². The van der Waals surface area contributed by atoms with Gasteiger partial charge in [-0.2, -0.15) is 0 Å². The third-order valence-corrected chi connectivity index (χ3v) is 2.83. The van der Waals surface area contributed by atoms with E-state index in [0.29, 0.717) is 12.1 Å². The molecule has 1 amide bonds. The highest BCUT2D eigenvalue weighted by Gasteiger charge is 2.16. The minimum atomic E-state index is -1.10. The van der Waals surface area contributed by atoms with E-state index < -0.39 is 17.7 Å². The number of hydrogen-bond acceptors (Lipinski definition) is 2. The molecule has 0 bridgehead atoms. The van der Waals surface area contributed by atoms with Gasteiger partial charge in [-0.05, 0) is 30.2 Å². The second-order valence-corrected chi connectivity index (χ2v) is 4.49. The zero-order valence-corrected chi connectivity index (χ0v) is 11.6. The van der Waals surface area contributed by atoms with Crippen LogP contribution >= 0.6 is 0 Å². The number of amides is 1. The molecule has 0 saturated heterocycles. The molecule has 1 N–H and O–H groups in total. The number of carboxylic acid groups (broad SMARTS) is 1. The van der Waals surface area contributed by atoms with Gasteiger partial charge in [0, 0.05) is 19.7 Å². The average Bonchev–Trinajstić information content (AvgIpc) is 2.43. The molecule has 0 fully saturated rings. The zero-order valence-electron chi connectivity index (χ0n) is 11.6. The van der Waals surface area contributed by atoms with Crippen molar-refractivity contribution in [2.75, 3.05) is 13.6 Å². The molecule has 0 aliphatic heterocycles. The number of nitrogens with zero attached hydrogens (tertiary/aromatic N) is 1. The summed E-state index contributed by atoms with van der Waals surface area (Å²) in [5, 5.41) is 8.56. The molecule has 0 unspecified atom stereocenters. The number of unbranched alkanes of at least 4 members (excludes halogenated alkanes) is 1. The van der Waals surface area contributed by atoms with Gasteiger partial charge in [0.1, 0.15) is 5.82 Å². The SMILES string of the molecule is CCCCN(C)C(=O)c1cc(C=CC(=O)O)ccc1F. The Balaban J connectivity index is 2.96. The summed E-state index contributed by atoms with van der Waals surface area (Å²) in [6.45, 7) is 2.57. The van der Waals surface area contributed by atoms with Crippen molar-refractivity contribution in [1.29, 1.82) is 0 Å². The van der Waals surface area contributed by atoms with Gasteiger partial charge in [0.2, 0.25) is 0 Å². The normalized spacial score (nSPS) is 10.8. The van der Waals surface area contributed by atoms with Crippen LogP contribution in [0.4, 0.5) is 4.39 Å². The monoisotopic (exact) mass is 279 g/mol. The van der Waals surface area contributed by atoms with E-state index in [1.807, 2.05) is 6.92 Å². The number of hydrogen-bond donors (Lipinski definition) is 1. The van der Waals surface area contributed by atoms with E-state index in [-0.39, 0.29) is 5.56 Å². The summed E-state index contributed by atoms with van der Waals surface area (Å²) in [6.07, 6.45) is 4.07. The van der Waals surface area contributed by atoms with Crippen molar-refractivity contribution >= 4 is 18.0 Å². The highest BCUT2D eigenvalue weighted by molar-refractivity contribution is 5.95. The fourth-order valence-electron chi connectivity index (χ4n) is 1.68. The van der Waals surface area contributed by atoms with Crippen molar-refractivity contribution in [3.63, 3.8) is 0 Å². The summed E-state index contributed by atoms with van der Waals surface area (Å²) >= 11 is 0. The minimum absolute atomic E-state index is 0.0452. The minimum Gasteiger partial charge on any atom is -0.478 e. The summed E-state index contributed by atoms with van der Waals surface area (Å²) < 4.78 is 13.7. The maximum Gasteiger partial charge on any atom is 0.328 e. The lowest BCUT2D eigenvalue weighted by molar-refractivity contribution is -0.131. The Morgan fingerprint density at radius 1 is 1.40 bits per heavy atom. The van der Waals surface area contributed by atoms with E-state index in [2.05, 4.69) is 0 Å². The fraction of sp³-hybridized carbons (Fsp3) is 0.333. The highest BCUT2D eigenvalue weighted by Crippen LogP contribution is 2.14. The van der Waals surface area contributed by atoms with E-state index in [1.54, 1.807) is 7.05 Å². The number of carboxylic acids is 1. The summed E-state index contributed by atoms with van der Waals surface area (Å²) in [7, 11) is 1.62. The zero-order chi connectivity index (χ0) is 15.1. The second kappa shape index (κ2) is 7.43. The van der Waals surface area contributed by atoms with Crippen LogP contribution in [-0.2, 0) is 4.79 Å². The van der Waals surface area contributed by atoms with E-state index >= 15 is 0 Å². The van der Waals surface area contributed by atoms with Crippen molar-refractivity contribution < 1.29 is 19.1 Å². The first-order valence-corrected chi connectivity index (χ1v) is 6.41. The van der Waals surface area contributed by atoms with Crippen molar-refractivity contribution in [1.82, 2.24) is 4.90 Å². The van der Waals surface area contributed by atoms with Gasteiger partial charge in [-0.3, -0.25) is 4.79 Å². The Kier molecular flexibility index (Phi) is 5.90. The highest BCUT2D eigenvalue weighted by atomic mass is 19.1. The van der Waals surface area contributed by atoms with Gasteiger partial charge >= 0.3 is 5.97 Å². The molecule has 0 aliphatic carbocycles. The number of rotatable bonds is 6. The van der Waals surface area contributed by atoms with Crippen LogP contribution in [0, 0.1) is 5.82 Å². The largest absolute Gasteiger partial charge is 0.478 e. The van der Waals surface area contributed by atoms with Gasteiger partial charge in [-0.1, -0.05) is 19.4 Å². The molecule has 1 aromatic rings. The molecule has 0 saturated carbocycles. The van der Waals surface area contributed by atoms with Crippen LogP contribution in [0.3, 0.4) is 0 Å². The van der Waals surface area contributed by atoms with Crippen molar-refractivity contribution in [3.8, 4) is 0 Å². The van der Waals surface area contributed by atoms with Crippen LogP contribution in [0.2, 0.25) is 0 Å². The van der Waals surface area contributed by atoms with Gasteiger partial charge in [-0.15, -0.1) is 0 Å². The van der Waals surface area contributed by atoms with E-state index in [4.69, 9.17) is 5.11 Å². The maximum atomic E-state index is 13.7. The first-order valence-electron chi connectivity index (χ1n) is 6.41. The summed E-state index contributed by atoms with van der Waals surface area (Å²) in [5.41, 5.74) is 0.428. The molecule has 0 heterocycles. The van der Waals surface area contributed by atoms with E-state index in [1.165, 1.54) is 29.2 Å². The van der Waals surface area contributed by atoms with Crippen molar-refractivity contribution in [2.24, 2.45) is 0 Å². The standard InChI is InChI=1S/C15H18FNO3/c1-3-4-9-17(2)15(20)12-10-11(5-7-13(12)16)6-8-14(18)19/h5-8,10H,3-4,9H2,1-2H3,(H,18,19). The van der Waals surface area contributed by atoms with Crippen molar-refractivity contribution in [3.05, 3.63) is 41.2 Å². The summed E-state index contributed by atoms with van der Waals surface area (Å²) in [6, 6.07) is 3.96. The molecule has 0 aliphatic rings. The Labute approximate surface area is 117 Å². The third-order valence-electron chi connectivity index (χ3n) is 2.83. The maximum absolute atomic E-state index is 13.7. The number of carbonyl (C=O) groups excluding carboxylic acids is 1. The molecule has 4 nitrogen and oxygen atoms in total. The van der Waals surface area contributed by atoms with Gasteiger partial charge in [-0.25, -0.2) is 9.18 Å². The lowest BCUT2D eigenvalue weighted by Crippen LogP contribution is -2.28. The fourth-order valence-corrected chi connectivity index (χ4v) is 1.68. The average molecular weight is 279 g/mol. The lowest BCUT2D eigenvalue weighted by Gasteiger charge is -2.17. The van der Waals surface area contributed by atoms with Crippen LogP contribution in [0.15, 0.2) is 24.3 Å². The summed E-state index contributed by atoms with van der Waals surface area (Å²) in [5.74, 6) is -2.10. The number of benzene rings is 1. The topological polar surface area (TPSA) is 57.6 Å². The predicted octanol–water partition coefficient (Wildman–Crippen LogP) is 2.80. The summed E-state index contributed by atoms with van der Waals surface area (Å²) in [4.78, 5) is 24.0. The first-order chi connectivity index (χ1) is 9.45. The van der Waals surface area contributed by atoms with Gasteiger partial charge in [0.15, 0.2) is 0 Å². The molecule has 0 aromatic heterocycles. The van der Waals surface area contributed by atoms with Crippen LogP contribution in [0.5, 0.6) is 0 Å². The van der Waals surface area contributed by atoms with Gasteiger partial charge in [0.25, 0.3) is 5.91 Å². The molecule has 108 valence electrons.